The number of anilines is 1. The van der Waals surface area contributed by atoms with Crippen LogP contribution in [0, 0.1) is 6.92 Å². The highest BCUT2D eigenvalue weighted by Crippen LogP contribution is 2.23. The van der Waals surface area contributed by atoms with Gasteiger partial charge in [0.25, 0.3) is 0 Å². The quantitative estimate of drug-likeness (QED) is 0.415. The van der Waals surface area contributed by atoms with Crippen molar-refractivity contribution in [1.29, 1.82) is 0 Å². The molecule has 3 heterocycles. The molecule has 1 amide bonds. The van der Waals surface area contributed by atoms with E-state index >= 15 is 0 Å². The van der Waals surface area contributed by atoms with Gasteiger partial charge in [-0.05, 0) is 40.9 Å². The van der Waals surface area contributed by atoms with Crippen molar-refractivity contribution in [3.05, 3.63) is 68.3 Å². The maximum Gasteiger partial charge on any atom is 0.231 e. The van der Waals surface area contributed by atoms with Crippen molar-refractivity contribution in [3.63, 3.8) is 0 Å². The number of thiophene rings is 1. The van der Waals surface area contributed by atoms with Gasteiger partial charge in [-0.1, -0.05) is 35.5 Å². The Balaban J connectivity index is 1.30. The van der Waals surface area contributed by atoms with Crippen molar-refractivity contribution in [2.24, 2.45) is 0 Å². The average Bonchev–Trinajstić information content (AvgIpc) is 3.45. The van der Waals surface area contributed by atoms with E-state index in [1.165, 1.54) is 28.0 Å². The summed E-state index contributed by atoms with van der Waals surface area (Å²) < 4.78 is 1.79. The Morgan fingerprint density at radius 3 is 2.86 bits per heavy atom. The third-order valence-electron chi connectivity index (χ3n) is 3.98. The van der Waals surface area contributed by atoms with E-state index in [0.717, 1.165) is 27.1 Å². The molecule has 0 fully saturated rings. The normalized spacial score (nSPS) is 10.9. The lowest BCUT2D eigenvalue weighted by molar-refractivity contribution is -0.115. The van der Waals surface area contributed by atoms with Gasteiger partial charge in [0.2, 0.25) is 11.1 Å². The number of nitrogens with one attached hydrogen (secondary N) is 1. The minimum Gasteiger partial charge on any atom is -0.326 e. The number of hydrogen-bond donors (Lipinski definition) is 1. The van der Waals surface area contributed by atoms with Crippen LogP contribution in [-0.2, 0) is 23.5 Å². The first-order chi connectivity index (χ1) is 14.2. The van der Waals surface area contributed by atoms with Crippen LogP contribution in [0.4, 0.5) is 5.69 Å². The van der Waals surface area contributed by atoms with Gasteiger partial charge in [0.15, 0.2) is 0 Å². The maximum absolute atomic E-state index is 12.2. The summed E-state index contributed by atoms with van der Waals surface area (Å²) in [4.78, 5) is 18.0. The number of aromatic nitrogens is 5. The zero-order valence-electron chi connectivity index (χ0n) is 15.6. The number of carbonyl (C=O) groups excluding carboxylic acids is 1. The molecular weight excluding hydrogens is 424 g/mol. The molecule has 0 aliphatic carbocycles. The number of carbonyl (C=O) groups is 1. The second-order valence-corrected chi connectivity index (χ2v) is 9.23. The predicted molar refractivity (Wildman–Crippen MR) is 116 cm³/mol. The van der Waals surface area contributed by atoms with Gasteiger partial charge in [0.05, 0.1) is 18.7 Å². The van der Waals surface area contributed by atoms with Crippen LogP contribution in [0.1, 0.15) is 21.1 Å². The smallest absolute Gasteiger partial charge is 0.231 e. The van der Waals surface area contributed by atoms with E-state index < -0.39 is 0 Å². The lowest BCUT2D eigenvalue weighted by Crippen LogP contribution is -2.14. The number of amides is 1. The molecule has 1 N–H and O–H groups in total. The van der Waals surface area contributed by atoms with Crippen LogP contribution < -0.4 is 5.32 Å². The van der Waals surface area contributed by atoms with Crippen LogP contribution in [-0.4, -0.2) is 31.1 Å². The Bertz CT molecular complexity index is 1070. The summed E-state index contributed by atoms with van der Waals surface area (Å²) in [6.45, 7) is 2.68. The Labute approximate surface area is 180 Å². The second kappa shape index (κ2) is 9.29. The van der Waals surface area contributed by atoms with E-state index in [2.05, 4.69) is 31.9 Å². The first-order valence-electron chi connectivity index (χ1n) is 8.87. The topological polar surface area (TPSA) is 85.6 Å². The van der Waals surface area contributed by atoms with Crippen LogP contribution in [0.5, 0.6) is 0 Å². The number of rotatable bonds is 8. The number of thiazole rings is 1. The fourth-order valence-electron chi connectivity index (χ4n) is 2.56. The number of tetrazole rings is 1. The first-order valence-corrected chi connectivity index (χ1v) is 11.6. The molecule has 0 bridgehead atoms. The highest BCUT2D eigenvalue weighted by atomic mass is 32.2. The summed E-state index contributed by atoms with van der Waals surface area (Å²) in [7, 11) is 0. The Kier molecular flexibility index (Phi) is 6.33. The zero-order chi connectivity index (χ0) is 20.1. The van der Waals surface area contributed by atoms with Gasteiger partial charge in [-0.15, -0.1) is 27.8 Å². The van der Waals surface area contributed by atoms with Gasteiger partial charge in [0, 0.05) is 21.7 Å². The fourth-order valence-corrected chi connectivity index (χ4v) is 4.92. The van der Waals surface area contributed by atoms with Crippen LogP contribution in [0.15, 0.2) is 52.3 Å². The molecule has 0 saturated carbocycles. The SMILES string of the molecule is Cc1ccc(NC(=O)Cc2nc(CSc3nnnn3Cc3cccs3)cs2)cc1. The van der Waals surface area contributed by atoms with E-state index in [9.17, 15) is 4.79 Å². The largest absolute Gasteiger partial charge is 0.326 e. The van der Waals surface area contributed by atoms with E-state index in [0.29, 0.717) is 12.3 Å². The summed E-state index contributed by atoms with van der Waals surface area (Å²) in [6.07, 6.45) is 0.263. The van der Waals surface area contributed by atoms with Crippen molar-refractivity contribution < 1.29 is 4.79 Å². The molecule has 0 aliphatic rings. The third-order valence-corrected chi connectivity index (χ3v) is 6.73. The van der Waals surface area contributed by atoms with Crippen molar-refractivity contribution in [1.82, 2.24) is 25.2 Å². The van der Waals surface area contributed by atoms with Crippen LogP contribution in [0.3, 0.4) is 0 Å². The average molecular weight is 443 g/mol. The lowest BCUT2D eigenvalue weighted by Gasteiger charge is -2.04. The molecule has 29 heavy (non-hydrogen) atoms. The molecule has 0 saturated heterocycles. The molecule has 0 atom stereocenters. The van der Waals surface area contributed by atoms with Gasteiger partial charge >= 0.3 is 0 Å². The summed E-state index contributed by atoms with van der Waals surface area (Å²) in [5.74, 6) is 0.586. The predicted octanol–water partition coefficient (Wildman–Crippen LogP) is 4.02. The summed E-state index contributed by atoms with van der Waals surface area (Å²) in [5, 5.41) is 20.4. The van der Waals surface area contributed by atoms with Gasteiger partial charge in [-0.25, -0.2) is 9.67 Å². The Hall–Kier alpha value is -2.56. The third kappa shape index (κ3) is 5.49. The minimum absolute atomic E-state index is 0.0673. The highest BCUT2D eigenvalue weighted by Gasteiger charge is 2.12. The zero-order valence-corrected chi connectivity index (χ0v) is 18.1. The number of hydrogen-bond acceptors (Lipinski definition) is 8. The molecule has 148 valence electrons. The molecule has 0 radical (unpaired) electrons. The molecule has 0 unspecified atom stereocenters. The summed E-state index contributed by atoms with van der Waals surface area (Å²) in [6, 6.07) is 11.8. The number of aryl methyl sites for hydroxylation is 1. The Morgan fingerprint density at radius 2 is 2.07 bits per heavy atom. The molecule has 3 aromatic heterocycles. The first kappa shape index (κ1) is 19.7. The number of benzene rings is 1. The fraction of sp³-hybridized carbons (Fsp3) is 0.211. The van der Waals surface area contributed by atoms with Crippen molar-refractivity contribution in [3.8, 4) is 0 Å². The van der Waals surface area contributed by atoms with E-state index in [-0.39, 0.29) is 12.3 Å². The molecule has 4 aromatic rings. The highest BCUT2D eigenvalue weighted by molar-refractivity contribution is 7.98. The maximum atomic E-state index is 12.2. The molecule has 1 aromatic carbocycles. The summed E-state index contributed by atoms with van der Waals surface area (Å²) >= 11 is 4.71. The van der Waals surface area contributed by atoms with Crippen molar-refractivity contribution >= 4 is 46.0 Å². The van der Waals surface area contributed by atoms with Crippen molar-refractivity contribution in [2.45, 2.75) is 30.8 Å². The van der Waals surface area contributed by atoms with Gasteiger partial charge in [-0.3, -0.25) is 4.79 Å². The standard InChI is InChI=1S/C19H18N6OS3/c1-13-4-6-14(7-5-13)20-17(26)9-18-21-15(11-28-18)12-29-19-22-23-24-25(19)10-16-3-2-8-27-16/h2-8,11H,9-10,12H2,1H3,(H,20,26). The van der Waals surface area contributed by atoms with Gasteiger partial charge in [0.1, 0.15) is 5.01 Å². The lowest BCUT2D eigenvalue weighted by atomic mass is 10.2. The van der Waals surface area contributed by atoms with Crippen LogP contribution in [0.2, 0.25) is 0 Å². The molecule has 4 rings (SSSR count). The Morgan fingerprint density at radius 1 is 1.21 bits per heavy atom. The number of thioether (sulfide) groups is 1. The molecule has 0 aliphatic heterocycles. The number of nitrogens with zero attached hydrogens (tertiary/aromatic N) is 5. The van der Waals surface area contributed by atoms with E-state index in [1.54, 1.807) is 16.0 Å². The van der Waals surface area contributed by atoms with Gasteiger partial charge in [-0.2, -0.15) is 0 Å². The van der Waals surface area contributed by atoms with E-state index in [4.69, 9.17) is 0 Å². The summed E-state index contributed by atoms with van der Waals surface area (Å²) in [5.41, 5.74) is 2.88. The van der Waals surface area contributed by atoms with E-state index in [1.807, 2.05) is 48.0 Å². The van der Waals surface area contributed by atoms with Crippen LogP contribution >= 0.6 is 34.4 Å². The molecule has 7 nitrogen and oxygen atoms in total. The monoisotopic (exact) mass is 442 g/mol. The molecular formula is C19H18N6OS3. The van der Waals surface area contributed by atoms with Crippen LogP contribution in [0.25, 0.3) is 0 Å². The minimum atomic E-state index is -0.0673. The second-order valence-electron chi connectivity index (χ2n) is 6.31. The van der Waals surface area contributed by atoms with Crippen molar-refractivity contribution in [2.75, 3.05) is 5.32 Å². The molecule has 0 spiro atoms. The molecule has 10 heteroatoms. The van der Waals surface area contributed by atoms with Gasteiger partial charge < -0.3 is 5.32 Å².